The van der Waals surface area contributed by atoms with Crippen LogP contribution in [-0.2, 0) is 5.41 Å². The van der Waals surface area contributed by atoms with Gasteiger partial charge < -0.3 is 21.7 Å². The van der Waals surface area contributed by atoms with Crippen molar-refractivity contribution in [2.24, 2.45) is 11.5 Å². The van der Waals surface area contributed by atoms with Crippen LogP contribution < -0.4 is 21.7 Å². The molecule has 0 unspecified atom stereocenters. The Hall–Kier alpha value is -2.67. The fourth-order valence-corrected chi connectivity index (χ4v) is 3.19. The summed E-state index contributed by atoms with van der Waals surface area (Å²) in [6.45, 7) is 8.02. The third-order valence-electron chi connectivity index (χ3n) is 4.77. The highest BCUT2D eigenvalue weighted by Gasteiger charge is 2.21. The van der Waals surface area contributed by atoms with Crippen LogP contribution in [-0.4, -0.2) is 35.0 Å². The fourth-order valence-electron chi connectivity index (χ4n) is 3.19. The van der Waals surface area contributed by atoms with Gasteiger partial charge in [-0.2, -0.15) is 4.98 Å². The van der Waals surface area contributed by atoms with Gasteiger partial charge in [-0.25, -0.2) is 4.98 Å². The van der Waals surface area contributed by atoms with Crippen LogP contribution in [0.15, 0.2) is 30.5 Å². The lowest BCUT2D eigenvalue weighted by atomic mass is 9.87. The van der Waals surface area contributed by atoms with E-state index in [0.717, 1.165) is 25.1 Å². The van der Waals surface area contributed by atoms with E-state index in [4.69, 9.17) is 11.5 Å². The highest BCUT2D eigenvalue weighted by Crippen LogP contribution is 2.27. The molecular weight excluding hydrogens is 340 g/mol. The molecule has 1 fully saturated rings. The molecule has 1 aliphatic rings. The number of hydrogen-bond acceptors (Lipinski definition) is 6. The summed E-state index contributed by atoms with van der Waals surface area (Å²) in [5.41, 5.74) is 13.9. The zero-order valence-corrected chi connectivity index (χ0v) is 16.2. The molecule has 0 radical (unpaired) electrons. The minimum absolute atomic E-state index is 0.0188. The number of carbonyl (C=O) groups is 1. The Labute approximate surface area is 160 Å². The lowest BCUT2D eigenvalue weighted by Crippen LogP contribution is -2.43. The van der Waals surface area contributed by atoms with Gasteiger partial charge >= 0.3 is 0 Å². The molecular formula is C20H28N6O. The molecule has 1 aromatic carbocycles. The van der Waals surface area contributed by atoms with Crippen LogP contribution in [0.3, 0.4) is 0 Å². The van der Waals surface area contributed by atoms with Crippen molar-refractivity contribution in [3.05, 3.63) is 41.6 Å². The number of anilines is 3. The summed E-state index contributed by atoms with van der Waals surface area (Å²) < 4.78 is 0. The van der Waals surface area contributed by atoms with Gasteiger partial charge in [-0.3, -0.25) is 4.79 Å². The smallest absolute Gasteiger partial charge is 0.254 e. The predicted octanol–water partition coefficient (Wildman–Crippen LogP) is 2.54. The Morgan fingerprint density at radius 3 is 2.78 bits per heavy atom. The Morgan fingerprint density at radius 2 is 2.11 bits per heavy atom. The Kier molecular flexibility index (Phi) is 5.32. The highest BCUT2D eigenvalue weighted by molar-refractivity contribution is 5.98. The summed E-state index contributed by atoms with van der Waals surface area (Å²) in [4.78, 5) is 22.8. The van der Waals surface area contributed by atoms with Crippen LogP contribution in [0.5, 0.6) is 0 Å². The van der Waals surface area contributed by atoms with Crippen LogP contribution in [0.2, 0.25) is 0 Å². The van der Waals surface area contributed by atoms with Crippen molar-refractivity contribution in [3.63, 3.8) is 0 Å². The maximum atomic E-state index is 11.8. The molecule has 27 heavy (non-hydrogen) atoms. The van der Waals surface area contributed by atoms with E-state index in [-0.39, 0.29) is 17.0 Å². The van der Waals surface area contributed by atoms with Crippen LogP contribution in [0.25, 0.3) is 0 Å². The van der Waals surface area contributed by atoms with E-state index in [1.54, 1.807) is 0 Å². The number of nitrogens with two attached hydrogens (primary N) is 2. The largest absolute Gasteiger partial charge is 0.365 e. The Morgan fingerprint density at radius 1 is 1.33 bits per heavy atom. The maximum Gasteiger partial charge on any atom is 0.254 e. The van der Waals surface area contributed by atoms with E-state index in [0.29, 0.717) is 18.3 Å². The molecule has 2 heterocycles. The van der Waals surface area contributed by atoms with Crippen LogP contribution >= 0.6 is 0 Å². The van der Waals surface area contributed by atoms with Gasteiger partial charge in [0.1, 0.15) is 11.4 Å². The Bertz CT molecular complexity index is 829. The third kappa shape index (κ3) is 4.54. The highest BCUT2D eigenvalue weighted by atomic mass is 16.1. The fraction of sp³-hybridized carbons (Fsp3) is 0.450. The number of carbonyl (C=O) groups excluding carboxylic acids is 1. The lowest BCUT2D eigenvalue weighted by Gasteiger charge is -2.31. The first-order chi connectivity index (χ1) is 12.7. The molecule has 0 aliphatic carbocycles. The standard InChI is InChI=1S/C20H28N6O/c1-20(2,3)13-6-4-8-15(10-13)24-18-16(17(22)27)11-23-19(25-18)26-9-5-7-14(21)12-26/h4,6,8,10-11,14H,5,7,9,12,21H2,1-3H3,(H2,22,27)(H,23,24,25)/t14-/m0/s1. The summed E-state index contributed by atoms with van der Waals surface area (Å²) in [7, 11) is 0. The van der Waals surface area contributed by atoms with Gasteiger partial charge in [0, 0.05) is 31.0 Å². The molecule has 0 bridgehead atoms. The topological polar surface area (TPSA) is 110 Å². The summed E-state index contributed by atoms with van der Waals surface area (Å²) in [6.07, 6.45) is 3.49. The summed E-state index contributed by atoms with van der Waals surface area (Å²) >= 11 is 0. The van der Waals surface area contributed by atoms with Crippen molar-refractivity contribution in [1.29, 1.82) is 0 Å². The molecule has 1 aromatic heterocycles. The van der Waals surface area contributed by atoms with Gasteiger partial charge in [0.2, 0.25) is 5.95 Å². The van der Waals surface area contributed by atoms with Crippen molar-refractivity contribution in [3.8, 4) is 0 Å². The number of primary amides is 1. The van der Waals surface area contributed by atoms with Crippen LogP contribution in [0.1, 0.15) is 49.5 Å². The molecule has 1 atom stereocenters. The monoisotopic (exact) mass is 368 g/mol. The van der Waals surface area contributed by atoms with Gasteiger partial charge in [-0.15, -0.1) is 0 Å². The summed E-state index contributed by atoms with van der Waals surface area (Å²) in [5, 5.41) is 3.25. The molecule has 5 N–H and O–H groups in total. The number of nitrogens with one attached hydrogen (secondary N) is 1. The van der Waals surface area contributed by atoms with E-state index in [1.165, 1.54) is 11.8 Å². The number of aromatic nitrogens is 2. The number of benzene rings is 1. The zero-order valence-electron chi connectivity index (χ0n) is 16.2. The molecule has 1 saturated heterocycles. The lowest BCUT2D eigenvalue weighted by molar-refractivity contribution is 0.100. The average molecular weight is 368 g/mol. The SMILES string of the molecule is CC(C)(C)c1cccc(Nc2nc(N3CCC[C@H](N)C3)ncc2C(N)=O)c1. The predicted molar refractivity (Wildman–Crippen MR) is 108 cm³/mol. The van der Waals surface area contributed by atoms with Crippen molar-refractivity contribution >= 4 is 23.4 Å². The van der Waals surface area contributed by atoms with Gasteiger partial charge in [0.05, 0.1) is 0 Å². The number of hydrogen-bond donors (Lipinski definition) is 3. The number of nitrogens with zero attached hydrogens (tertiary/aromatic N) is 3. The van der Waals surface area contributed by atoms with Gasteiger partial charge in [-0.05, 0) is 36.0 Å². The average Bonchev–Trinajstić information content (AvgIpc) is 2.61. The second-order valence-electron chi connectivity index (χ2n) is 8.10. The quantitative estimate of drug-likeness (QED) is 0.765. The minimum atomic E-state index is -0.564. The molecule has 3 rings (SSSR count). The van der Waals surface area contributed by atoms with E-state index in [9.17, 15) is 4.79 Å². The van der Waals surface area contributed by atoms with E-state index < -0.39 is 5.91 Å². The van der Waals surface area contributed by atoms with Crippen molar-refractivity contribution in [2.45, 2.75) is 45.1 Å². The van der Waals surface area contributed by atoms with Crippen LogP contribution in [0.4, 0.5) is 17.5 Å². The normalized spacial score (nSPS) is 17.6. The number of rotatable bonds is 4. The maximum absolute atomic E-state index is 11.8. The van der Waals surface area contributed by atoms with Crippen molar-refractivity contribution < 1.29 is 4.79 Å². The minimum Gasteiger partial charge on any atom is -0.365 e. The van der Waals surface area contributed by atoms with Gasteiger partial charge in [0.25, 0.3) is 5.91 Å². The van der Waals surface area contributed by atoms with Gasteiger partial charge in [0.15, 0.2) is 0 Å². The van der Waals surface area contributed by atoms with E-state index in [1.807, 2.05) is 12.1 Å². The second-order valence-corrected chi connectivity index (χ2v) is 8.10. The third-order valence-corrected chi connectivity index (χ3v) is 4.77. The van der Waals surface area contributed by atoms with E-state index >= 15 is 0 Å². The molecule has 2 aromatic rings. The molecule has 7 nitrogen and oxygen atoms in total. The van der Waals surface area contributed by atoms with Gasteiger partial charge in [-0.1, -0.05) is 32.9 Å². The first-order valence-corrected chi connectivity index (χ1v) is 9.29. The van der Waals surface area contributed by atoms with E-state index in [2.05, 4.69) is 53.1 Å². The molecule has 0 spiro atoms. The molecule has 7 heteroatoms. The van der Waals surface area contributed by atoms with Crippen LogP contribution in [0, 0.1) is 0 Å². The first-order valence-electron chi connectivity index (χ1n) is 9.29. The molecule has 1 aliphatic heterocycles. The number of piperidine rings is 1. The summed E-state index contributed by atoms with van der Waals surface area (Å²) in [6, 6.07) is 8.18. The second kappa shape index (κ2) is 7.52. The van der Waals surface area contributed by atoms with Crippen molar-refractivity contribution in [2.75, 3.05) is 23.3 Å². The molecule has 1 amide bonds. The zero-order chi connectivity index (χ0) is 19.6. The Balaban J connectivity index is 1.93. The molecule has 144 valence electrons. The number of amides is 1. The molecule has 0 saturated carbocycles. The van der Waals surface area contributed by atoms with Crippen molar-refractivity contribution in [1.82, 2.24) is 9.97 Å². The first kappa shape index (κ1) is 19.1. The summed E-state index contributed by atoms with van der Waals surface area (Å²) in [5.74, 6) is 0.411.